The van der Waals surface area contributed by atoms with Crippen molar-refractivity contribution in [1.82, 2.24) is 15.1 Å². The topological polar surface area (TPSA) is 72.9 Å². The van der Waals surface area contributed by atoms with Crippen molar-refractivity contribution in [3.8, 4) is 0 Å². The summed E-state index contributed by atoms with van der Waals surface area (Å²) in [5, 5.41) is 11.9. The van der Waals surface area contributed by atoms with Crippen molar-refractivity contribution in [3.05, 3.63) is 0 Å². The maximum absolute atomic E-state index is 11.9. The minimum absolute atomic E-state index is 0.0517. The van der Waals surface area contributed by atoms with Gasteiger partial charge in [-0.2, -0.15) is 0 Å². The number of likely N-dealkylation sites (tertiary alicyclic amines) is 2. The number of urea groups is 1. The molecule has 2 aliphatic heterocycles. The smallest absolute Gasteiger partial charge is 0.317 e. The van der Waals surface area contributed by atoms with Crippen LogP contribution in [-0.2, 0) is 4.79 Å². The molecule has 0 radical (unpaired) electrons. The second kappa shape index (κ2) is 5.14. The monoisotopic (exact) mass is 255 g/mol. The van der Waals surface area contributed by atoms with Crippen LogP contribution in [0.25, 0.3) is 0 Å². The van der Waals surface area contributed by atoms with Gasteiger partial charge in [-0.05, 0) is 20.0 Å². The Morgan fingerprint density at radius 1 is 1.33 bits per heavy atom. The van der Waals surface area contributed by atoms with Crippen LogP contribution in [0, 0.1) is 11.8 Å². The summed E-state index contributed by atoms with van der Waals surface area (Å²) in [6.45, 7) is 4.73. The molecule has 2 fully saturated rings. The molecule has 0 aromatic heterocycles. The predicted molar refractivity (Wildman–Crippen MR) is 66.3 cm³/mol. The summed E-state index contributed by atoms with van der Waals surface area (Å²) in [7, 11) is 2.04. The molecule has 2 rings (SSSR count). The number of hydrogen-bond acceptors (Lipinski definition) is 3. The lowest BCUT2D eigenvalue weighted by Gasteiger charge is -2.41. The molecule has 0 aromatic carbocycles. The Morgan fingerprint density at radius 2 is 2.00 bits per heavy atom. The van der Waals surface area contributed by atoms with Crippen molar-refractivity contribution in [2.45, 2.75) is 19.4 Å². The van der Waals surface area contributed by atoms with Crippen LogP contribution in [0.15, 0.2) is 0 Å². The van der Waals surface area contributed by atoms with Crippen LogP contribution < -0.4 is 5.32 Å². The summed E-state index contributed by atoms with van der Waals surface area (Å²) in [5.74, 6) is -1.05. The van der Waals surface area contributed by atoms with Crippen LogP contribution >= 0.6 is 0 Å². The van der Waals surface area contributed by atoms with Crippen molar-refractivity contribution < 1.29 is 14.7 Å². The first-order chi connectivity index (χ1) is 8.47. The molecule has 2 heterocycles. The number of nitrogens with one attached hydrogen (secondary N) is 1. The number of amides is 2. The van der Waals surface area contributed by atoms with Crippen molar-refractivity contribution in [2.75, 3.05) is 33.2 Å². The molecule has 102 valence electrons. The lowest BCUT2D eigenvalue weighted by Crippen LogP contribution is -2.58. The highest BCUT2D eigenvalue weighted by atomic mass is 16.4. The quantitative estimate of drug-likeness (QED) is 0.747. The van der Waals surface area contributed by atoms with Gasteiger partial charge in [-0.1, -0.05) is 6.92 Å². The van der Waals surface area contributed by atoms with Gasteiger partial charge in [-0.25, -0.2) is 4.79 Å². The summed E-state index contributed by atoms with van der Waals surface area (Å²) in [6, 6.07) is 0.183. The number of carbonyl (C=O) groups is 2. The van der Waals surface area contributed by atoms with E-state index in [1.165, 1.54) is 0 Å². The van der Waals surface area contributed by atoms with E-state index in [9.17, 15) is 9.59 Å². The van der Waals surface area contributed by atoms with Crippen molar-refractivity contribution >= 4 is 12.0 Å². The molecule has 0 aromatic rings. The van der Waals surface area contributed by atoms with Crippen LogP contribution in [0.2, 0.25) is 0 Å². The summed E-state index contributed by atoms with van der Waals surface area (Å²) in [6.07, 6.45) is 0.991. The Kier molecular flexibility index (Phi) is 3.75. The Balaban J connectivity index is 1.71. The Hall–Kier alpha value is -1.30. The van der Waals surface area contributed by atoms with Gasteiger partial charge in [0, 0.05) is 31.6 Å². The number of aliphatic carboxylic acids is 1. The van der Waals surface area contributed by atoms with Crippen molar-refractivity contribution in [2.24, 2.45) is 11.8 Å². The van der Waals surface area contributed by atoms with Gasteiger partial charge in [0.2, 0.25) is 0 Å². The maximum atomic E-state index is 11.9. The molecule has 6 nitrogen and oxygen atoms in total. The summed E-state index contributed by atoms with van der Waals surface area (Å²) >= 11 is 0. The Labute approximate surface area is 107 Å². The molecular formula is C12H21N3O3. The van der Waals surface area contributed by atoms with E-state index in [0.29, 0.717) is 13.1 Å². The summed E-state index contributed by atoms with van der Waals surface area (Å²) < 4.78 is 0. The van der Waals surface area contributed by atoms with E-state index < -0.39 is 5.97 Å². The zero-order chi connectivity index (χ0) is 13.3. The molecule has 0 bridgehead atoms. The Bertz CT molecular complexity index is 341. The third kappa shape index (κ3) is 2.75. The fraction of sp³-hybridized carbons (Fsp3) is 0.833. The first kappa shape index (κ1) is 13.1. The second-order valence-corrected chi connectivity index (χ2v) is 5.49. The molecule has 2 unspecified atom stereocenters. The van der Waals surface area contributed by atoms with E-state index in [-0.39, 0.29) is 23.9 Å². The zero-order valence-electron chi connectivity index (χ0n) is 10.9. The molecule has 0 saturated carbocycles. The van der Waals surface area contributed by atoms with Gasteiger partial charge in [0.15, 0.2) is 0 Å². The standard InChI is InChI=1S/C12H21N3O3/c1-8(11(16)17)9-5-15(6-9)12(18)13-10-3-4-14(2)7-10/h8-10H,3-7H2,1-2H3,(H,13,18)(H,16,17). The Morgan fingerprint density at radius 3 is 2.50 bits per heavy atom. The fourth-order valence-corrected chi connectivity index (χ4v) is 2.52. The molecule has 2 aliphatic rings. The maximum Gasteiger partial charge on any atom is 0.317 e. The van der Waals surface area contributed by atoms with Gasteiger partial charge in [0.1, 0.15) is 0 Å². The molecule has 0 spiro atoms. The van der Waals surface area contributed by atoms with E-state index in [0.717, 1.165) is 19.5 Å². The fourth-order valence-electron chi connectivity index (χ4n) is 2.52. The van der Waals surface area contributed by atoms with Gasteiger partial charge >= 0.3 is 12.0 Å². The predicted octanol–water partition coefficient (Wildman–Crippen LogP) is 0.0526. The highest BCUT2D eigenvalue weighted by Gasteiger charge is 2.37. The zero-order valence-corrected chi connectivity index (χ0v) is 10.9. The molecule has 2 saturated heterocycles. The van der Waals surface area contributed by atoms with E-state index in [1.807, 2.05) is 7.05 Å². The van der Waals surface area contributed by atoms with Crippen LogP contribution in [0.4, 0.5) is 4.79 Å². The average Bonchev–Trinajstić information content (AvgIpc) is 2.61. The van der Waals surface area contributed by atoms with E-state index in [1.54, 1.807) is 11.8 Å². The van der Waals surface area contributed by atoms with Gasteiger partial charge in [-0.3, -0.25) is 4.79 Å². The molecule has 6 heteroatoms. The van der Waals surface area contributed by atoms with Crippen LogP contribution in [-0.4, -0.2) is 66.2 Å². The van der Waals surface area contributed by atoms with E-state index >= 15 is 0 Å². The molecule has 18 heavy (non-hydrogen) atoms. The number of nitrogens with zero attached hydrogens (tertiary/aromatic N) is 2. The first-order valence-electron chi connectivity index (χ1n) is 6.44. The minimum Gasteiger partial charge on any atom is -0.481 e. The number of rotatable bonds is 3. The van der Waals surface area contributed by atoms with Gasteiger partial charge in [0.05, 0.1) is 5.92 Å². The van der Waals surface area contributed by atoms with Crippen LogP contribution in [0.5, 0.6) is 0 Å². The lowest BCUT2D eigenvalue weighted by atomic mass is 9.87. The van der Waals surface area contributed by atoms with Gasteiger partial charge in [-0.15, -0.1) is 0 Å². The number of carboxylic acids is 1. The number of likely N-dealkylation sites (N-methyl/N-ethyl adjacent to an activating group) is 1. The summed E-state index contributed by atoms with van der Waals surface area (Å²) in [4.78, 5) is 26.6. The molecule has 0 aliphatic carbocycles. The van der Waals surface area contributed by atoms with Gasteiger partial charge in [0.25, 0.3) is 0 Å². The number of carbonyl (C=O) groups excluding carboxylic acids is 1. The van der Waals surface area contributed by atoms with E-state index in [4.69, 9.17) is 5.11 Å². The number of hydrogen-bond donors (Lipinski definition) is 2. The molecule has 2 N–H and O–H groups in total. The number of carboxylic acid groups (broad SMARTS) is 1. The largest absolute Gasteiger partial charge is 0.481 e. The summed E-state index contributed by atoms with van der Waals surface area (Å²) in [5.41, 5.74) is 0. The molecule has 2 amide bonds. The second-order valence-electron chi connectivity index (χ2n) is 5.49. The first-order valence-corrected chi connectivity index (χ1v) is 6.44. The molecular weight excluding hydrogens is 234 g/mol. The highest BCUT2D eigenvalue weighted by Crippen LogP contribution is 2.24. The van der Waals surface area contributed by atoms with E-state index in [2.05, 4.69) is 10.2 Å². The lowest BCUT2D eigenvalue weighted by molar-refractivity contribution is -0.144. The third-order valence-corrected chi connectivity index (χ3v) is 4.01. The normalized spacial score (nSPS) is 26.8. The van der Waals surface area contributed by atoms with Crippen molar-refractivity contribution in [3.63, 3.8) is 0 Å². The van der Waals surface area contributed by atoms with Gasteiger partial charge < -0.3 is 20.2 Å². The molecule has 2 atom stereocenters. The highest BCUT2D eigenvalue weighted by molar-refractivity contribution is 5.76. The average molecular weight is 255 g/mol. The minimum atomic E-state index is -0.780. The third-order valence-electron chi connectivity index (χ3n) is 4.01. The van der Waals surface area contributed by atoms with Crippen LogP contribution in [0.3, 0.4) is 0 Å². The van der Waals surface area contributed by atoms with Crippen LogP contribution in [0.1, 0.15) is 13.3 Å². The SMILES string of the molecule is CC(C(=O)O)C1CN(C(=O)NC2CCN(C)C2)C1. The van der Waals surface area contributed by atoms with Crippen molar-refractivity contribution in [1.29, 1.82) is 0 Å².